The van der Waals surface area contributed by atoms with Crippen LogP contribution in [0, 0.1) is 0 Å². The lowest BCUT2D eigenvalue weighted by molar-refractivity contribution is 0.221. The first-order valence-electron chi connectivity index (χ1n) is 4.43. The van der Waals surface area contributed by atoms with Crippen LogP contribution in [0.5, 0.6) is 0 Å². The SMILES string of the molecule is CC1CN(C)S(=O)(=O)N1C(C)(C)C. The molecular weight excluding hydrogens is 188 g/mol. The van der Waals surface area contributed by atoms with E-state index in [2.05, 4.69) is 0 Å². The average molecular weight is 206 g/mol. The third-order valence-electron chi connectivity index (χ3n) is 2.23. The molecule has 0 aromatic rings. The highest BCUT2D eigenvalue weighted by atomic mass is 32.2. The van der Waals surface area contributed by atoms with E-state index in [1.807, 2.05) is 27.7 Å². The number of hydrogen-bond acceptors (Lipinski definition) is 2. The maximum Gasteiger partial charge on any atom is 0.282 e. The van der Waals surface area contributed by atoms with Crippen molar-refractivity contribution in [1.82, 2.24) is 8.61 Å². The Hall–Kier alpha value is -0.130. The van der Waals surface area contributed by atoms with Crippen molar-refractivity contribution in [3.8, 4) is 0 Å². The van der Waals surface area contributed by atoms with Crippen LogP contribution in [0.15, 0.2) is 0 Å². The van der Waals surface area contributed by atoms with Gasteiger partial charge in [-0.15, -0.1) is 0 Å². The largest absolute Gasteiger partial charge is 0.282 e. The molecule has 0 bridgehead atoms. The summed E-state index contributed by atoms with van der Waals surface area (Å²) in [5, 5.41) is 0. The van der Waals surface area contributed by atoms with Gasteiger partial charge in [-0.25, -0.2) is 0 Å². The zero-order valence-corrected chi connectivity index (χ0v) is 9.72. The van der Waals surface area contributed by atoms with Gasteiger partial charge < -0.3 is 0 Å². The standard InChI is InChI=1S/C8H18N2O2S/c1-7-6-9(5)13(11,12)10(7)8(2,3)4/h7H,6H2,1-5H3. The molecule has 0 N–H and O–H groups in total. The van der Waals surface area contributed by atoms with Gasteiger partial charge in [-0.2, -0.15) is 17.0 Å². The van der Waals surface area contributed by atoms with Gasteiger partial charge in [0, 0.05) is 25.2 Å². The van der Waals surface area contributed by atoms with Crippen LogP contribution >= 0.6 is 0 Å². The zero-order valence-electron chi connectivity index (χ0n) is 8.90. The van der Waals surface area contributed by atoms with Crippen molar-refractivity contribution in [2.24, 2.45) is 0 Å². The van der Waals surface area contributed by atoms with Gasteiger partial charge in [0.15, 0.2) is 0 Å². The number of hydrogen-bond donors (Lipinski definition) is 0. The summed E-state index contributed by atoms with van der Waals surface area (Å²) in [6.45, 7) is 8.27. The van der Waals surface area contributed by atoms with Crippen LogP contribution in [-0.2, 0) is 10.2 Å². The topological polar surface area (TPSA) is 40.6 Å². The van der Waals surface area contributed by atoms with Gasteiger partial charge in [0.25, 0.3) is 10.2 Å². The van der Waals surface area contributed by atoms with E-state index in [0.29, 0.717) is 6.54 Å². The molecule has 1 aliphatic heterocycles. The molecule has 5 heteroatoms. The van der Waals surface area contributed by atoms with Gasteiger partial charge >= 0.3 is 0 Å². The average Bonchev–Trinajstić information content (AvgIpc) is 1.99. The van der Waals surface area contributed by atoms with E-state index >= 15 is 0 Å². The molecule has 1 aliphatic rings. The molecule has 1 atom stereocenters. The predicted octanol–water partition coefficient (Wildman–Crippen LogP) is 0.666. The molecule has 1 unspecified atom stereocenters. The lowest BCUT2D eigenvalue weighted by atomic mass is 10.1. The molecular formula is C8H18N2O2S. The third kappa shape index (κ3) is 1.73. The predicted molar refractivity (Wildman–Crippen MR) is 52.6 cm³/mol. The van der Waals surface area contributed by atoms with Crippen LogP contribution in [0.3, 0.4) is 0 Å². The van der Waals surface area contributed by atoms with Crippen LogP contribution < -0.4 is 0 Å². The lowest BCUT2D eigenvalue weighted by Crippen LogP contribution is -2.47. The van der Waals surface area contributed by atoms with E-state index in [9.17, 15) is 8.42 Å². The van der Waals surface area contributed by atoms with E-state index in [0.717, 1.165) is 0 Å². The molecule has 0 aliphatic carbocycles. The van der Waals surface area contributed by atoms with Gasteiger partial charge in [-0.05, 0) is 27.7 Å². The highest BCUT2D eigenvalue weighted by Gasteiger charge is 2.45. The maximum absolute atomic E-state index is 11.8. The molecule has 1 saturated heterocycles. The minimum absolute atomic E-state index is 0.0648. The summed E-state index contributed by atoms with van der Waals surface area (Å²) < 4.78 is 26.6. The number of rotatable bonds is 0. The van der Waals surface area contributed by atoms with Crippen molar-refractivity contribution < 1.29 is 8.42 Å². The Kier molecular flexibility index (Phi) is 2.47. The molecule has 1 fully saturated rings. The molecule has 0 saturated carbocycles. The Bertz CT molecular complexity index is 292. The van der Waals surface area contributed by atoms with Gasteiger partial charge in [0.1, 0.15) is 0 Å². The minimum Gasteiger partial charge on any atom is -0.195 e. The van der Waals surface area contributed by atoms with Crippen molar-refractivity contribution >= 4 is 10.2 Å². The Morgan fingerprint density at radius 1 is 1.31 bits per heavy atom. The summed E-state index contributed by atoms with van der Waals surface area (Å²) >= 11 is 0. The Labute approximate surface area is 80.7 Å². The fourth-order valence-electron chi connectivity index (χ4n) is 1.93. The monoisotopic (exact) mass is 206 g/mol. The van der Waals surface area contributed by atoms with E-state index < -0.39 is 10.2 Å². The summed E-state index contributed by atoms with van der Waals surface area (Å²) in [6.07, 6.45) is 0. The van der Waals surface area contributed by atoms with Gasteiger partial charge in [-0.3, -0.25) is 0 Å². The summed E-state index contributed by atoms with van der Waals surface area (Å²) in [5.74, 6) is 0. The molecule has 0 radical (unpaired) electrons. The second-order valence-electron chi connectivity index (χ2n) is 4.60. The summed E-state index contributed by atoms with van der Waals surface area (Å²) in [5.41, 5.74) is -0.330. The highest BCUT2D eigenvalue weighted by molar-refractivity contribution is 7.87. The van der Waals surface area contributed by atoms with Crippen LogP contribution in [0.2, 0.25) is 0 Å². The smallest absolute Gasteiger partial charge is 0.195 e. The fourth-order valence-corrected chi connectivity index (χ4v) is 3.84. The Morgan fingerprint density at radius 3 is 1.92 bits per heavy atom. The number of likely N-dealkylation sites (N-methyl/N-ethyl adjacent to an activating group) is 1. The summed E-state index contributed by atoms with van der Waals surface area (Å²) in [6, 6.07) is 0.0648. The maximum atomic E-state index is 11.8. The van der Waals surface area contributed by atoms with Crippen molar-refractivity contribution in [2.45, 2.75) is 39.3 Å². The first-order valence-corrected chi connectivity index (χ1v) is 5.83. The minimum atomic E-state index is -3.21. The molecule has 1 heterocycles. The molecule has 13 heavy (non-hydrogen) atoms. The van der Waals surface area contributed by atoms with Crippen LogP contribution in [0.25, 0.3) is 0 Å². The third-order valence-corrected chi connectivity index (χ3v) is 4.57. The van der Waals surface area contributed by atoms with E-state index in [4.69, 9.17) is 0 Å². The van der Waals surface area contributed by atoms with E-state index in [1.165, 1.54) is 4.31 Å². The van der Waals surface area contributed by atoms with Crippen molar-refractivity contribution in [2.75, 3.05) is 13.6 Å². The van der Waals surface area contributed by atoms with Crippen molar-refractivity contribution in [3.63, 3.8) is 0 Å². The molecule has 0 aromatic heterocycles. The Balaban J connectivity index is 3.11. The van der Waals surface area contributed by atoms with Gasteiger partial charge in [-0.1, -0.05) is 0 Å². The molecule has 0 spiro atoms. The normalized spacial score (nSPS) is 31.0. The molecule has 78 valence electrons. The Morgan fingerprint density at radius 2 is 1.77 bits per heavy atom. The van der Waals surface area contributed by atoms with Crippen molar-refractivity contribution in [1.29, 1.82) is 0 Å². The first kappa shape index (κ1) is 10.9. The van der Waals surface area contributed by atoms with Crippen LogP contribution in [0.4, 0.5) is 0 Å². The van der Waals surface area contributed by atoms with E-state index in [1.54, 1.807) is 11.4 Å². The second kappa shape index (κ2) is 2.93. The first-order chi connectivity index (χ1) is 5.67. The molecule has 0 amide bonds. The second-order valence-corrected chi connectivity index (χ2v) is 6.52. The highest BCUT2D eigenvalue weighted by Crippen LogP contribution is 2.28. The lowest BCUT2D eigenvalue weighted by Gasteiger charge is -2.32. The molecule has 1 rings (SSSR count). The molecule has 0 aromatic carbocycles. The van der Waals surface area contributed by atoms with Crippen LogP contribution in [0.1, 0.15) is 27.7 Å². The quantitative estimate of drug-likeness (QED) is 0.584. The van der Waals surface area contributed by atoms with Gasteiger partial charge in [0.05, 0.1) is 0 Å². The van der Waals surface area contributed by atoms with E-state index in [-0.39, 0.29) is 11.6 Å². The summed E-state index contributed by atoms with van der Waals surface area (Å²) in [4.78, 5) is 0. The van der Waals surface area contributed by atoms with Gasteiger partial charge in [0.2, 0.25) is 0 Å². The fraction of sp³-hybridized carbons (Fsp3) is 1.00. The molecule has 4 nitrogen and oxygen atoms in total. The zero-order chi connectivity index (χ0) is 10.4. The van der Waals surface area contributed by atoms with Crippen LogP contribution in [-0.4, -0.2) is 42.2 Å². The number of nitrogens with zero attached hydrogens (tertiary/aromatic N) is 2. The van der Waals surface area contributed by atoms with Crippen molar-refractivity contribution in [3.05, 3.63) is 0 Å². The summed E-state index contributed by atoms with van der Waals surface area (Å²) in [7, 11) is -1.58.